The number of hydrogen-bond acceptors (Lipinski definition) is 3. The molecule has 0 aliphatic carbocycles. The van der Waals surface area contributed by atoms with Crippen LogP contribution in [0.4, 0.5) is 5.69 Å². The van der Waals surface area contributed by atoms with E-state index in [2.05, 4.69) is 43.2 Å². The van der Waals surface area contributed by atoms with Gasteiger partial charge in [0.2, 0.25) is 5.91 Å². The molecule has 3 rings (SSSR count). The van der Waals surface area contributed by atoms with E-state index < -0.39 is 0 Å². The van der Waals surface area contributed by atoms with E-state index in [4.69, 9.17) is 0 Å². The van der Waals surface area contributed by atoms with Crippen molar-refractivity contribution in [2.75, 3.05) is 11.6 Å². The summed E-state index contributed by atoms with van der Waals surface area (Å²) >= 11 is 1.55. The van der Waals surface area contributed by atoms with E-state index in [1.165, 1.54) is 5.56 Å². The Morgan fingerprint density at radius 2 is 1.80 bits per heavy atom. The van der Waals surface area contributed by atoms with Crippen molar-refractivity contribution >= 4 is 34.4 Å². The van der Waals surface area contributed by atoms with Gasteiger partial charge in [0.15, 0.2) is 5.16 Å². The van der Waals surface area contributed by atoms with Crippen LogP contribution in [-0.4, -0.2) is 21.7 Å². The first-order valence-electron chi connectivity index (χ1n) is 8.28. The smallest absolute Gasteiger partial charge is 0.244 e. The summed E-state index contributed by atoms with van der Waals surface area (Å²) in [6.45, 7) is 6.77. The summed E-state index contributed by atoms with van der Waals surface area (Å²) in [5, 5.41) is 3.82. The number of carbonyl (C=O) groups is 1. The molecule has 130 valence electrons. The van der Waals surface area contributed by atoms with Crippen molar-refractivity contribution in [3.63, 3.8) is 0 Å². The molecule has 0 unspecified atom stereocenters. The Bertz CT molecular complexity index is 891. The SMILES string of the molecule is CSc1nc2ccccc2n1CC(=O)Nc1ccc(C(C)(C)C)cc1. The highest BCUT2D eigenvalue weighted by Crippen LogP contribution is 2.24. The van der Waals surface area contributed by atoms with Crippen LogP contribution < -0.4 is 5.32 Å². The van der Waals surface area contributed by atoms with Gasteiger partial charge in [-0.05, 0) is 41.5 Å². The Morgan fingerprint density at radius 1 is 1.12 bits per heavy atom. The predicted octanol–water partition coefficient (Wildman–Crippen LogP) is 4.69. The number of amides is 1. The molecule has 3 aromatic rings. The zero-order valence-corrected chi connectivity index (χ0v) is 15.9. The number of nitrogens with zero attached hydrogens (tertiary/aromatic N) is 2. The number of anilines is 1. The van der Waals surface area contributed by atoms with Gasteiger partial charge in [0.1, 0.15) is 6.54 Å². The molecule has 1 amide bonds. The lowest BCUT2D eigenvalue weighted by Gasteiger charge is -2.19. The van der Waals surface area contributed by atoms with Gasteiger partial charge >= 0.3 is 0 Å². The van der Waals surface area contributed by atoms with E-state index >= 15 is 0 Å². The van der Waals surface area contributed by atoms with Crippen LogP contribution in [0.5, 0.6) is 0 Å². The molecule has 0 saturated carbocycles. The van der Waals surface area contributed by atoms with Gasteiger partial charge in [0.05, 0.1) is 11.0 Å². The third kappa shape index (κ3) is 3.87. The normalized spacial score (nSPS) is 11.7. The van der Waals surface area contributed by atoms with E-state index in [1.807, 2.05) is 47.2 Å². The fourth-order valence-corrected chi connectivity index (χ4v) is 3.33. The van der Waals surface area contributed by atoms with E-state index in [1.54, 1.807) is 11.8 Å². The fraction of sp³-hybridized carbons (Fsp3) is 0.300. The average Bonchev–Trinajstić information content (AvgIpc) is 2.92. The van der Waals surface area contributed by atoms with Crippen molar-refractivity contribution in [2.24, 2.45) is 0 Å². The van der Waals surface area contributed by atoms with Gasteiger partial charge in [0.25, 0.3) is 0 Å². The van der Waals surface area contributed by atoms with Gasteiger partial charge in [-0.15, -0.1) is 0 Å². The Morgan fingerprint density at radius 3 is 2.44 bits per heavy atom. The topological polar surface area (TPSA) is 46.9 Å². The van der Waals surface area contributed by atoms with Crippen LogP contribution in [0.2, 0.25) is 0 Å². The second-order valence-electron chi connectivity index (χ2n) is 7.05. The highest BCUT2D eigenvalue weighted by molar-refractivity contribution is 7.98. The monoisotopic (exact) mass is 353 g/mol. The number of imidazole rings is 1. The molecule has 0 aliphatic rings. The molecule has 0 atom stereocenters. The van der Waals surface area contributed by atoms with Crippen molar-refractivity contribution in [2.45, 2.75) is 37.9 Å². The molecule has 0 bridgehead atoms. The van der Waals surface area contributed by atoms with Gasteiger partial charge < -0.3 is 9.88 Å². The summed E-state index contributed by atoms with van der Waals surface area (Å²) in [5.41, 5.74) is 4.05. The first-order valence-corrected chi connectivity index (χ1v) is 9.50. The van der Waals surface area contributed by atoms with E-state index in [0.717, 1.165) is 21.9 Å². The largest absolute Gasteiger partial charge is 0.325 e. The summed E-state index contributed by atoms with van der Waals surface area (Å²) in [4.78, 5) is 17.1. The molecular formula is C20H23N3OS. The molecule has 0 fully saturated rings. The fourth-order valence-electron chi connectivity index (χ4n) is 2.76. The number of carbonyl (C=O) groups excluding carboxylic acids is 1. The van der Waals surface area contributed by atoms with Gasteiger partial charge in [-0.25, -0.2) is 4.98 Å². The molecule has 1 N–H and O–H groups in total. The molecular weight excluding hydrogens is 330 g/mol. The van der Waals surface area contributed by atoms with Crippen LogP contribution in [0.3, 0.4) is 0 Å². The summed E-state index contributed by atoms with van der Waals surface area (Å²) in [6, 6.07) is 15.9. The Kier molecular flexibility index (Phi) is 4.86. The molecule has 25 heavy (non-hydrogen) atoms. The van der Waals surface area contributed by atoms with E-state index in [-0.39, 0.29) is 17.9 Å². The first kappa shape index (κ1) is 17.5. The number of para-hydroxylation sites is 2. The standard InChI is InChI=1S/C20H23N3OS/c1-20(2,3)14-9-11-15(12-10-14)21-18(24)13-23-17-8-6-5-7-16(17)22-19(23)25-4/h5-12H,13H2,1-4H3,(H,21,24). The van der Waals surface area contributed by atoms with Crippen molar-refractivity contribution in [3.8, 4) is 0 Å². The number of aromatic nitrogens is 2. The molecule has 2 aromatic carbocycles. The van der Waals surface area contributed by atoms with Crippen LogP contribution in [0, 0.1) is 0 Å². The molecule has 0 radical (unpaired) electrons. The number of rotatable bonds is 4. The zero-order chi connectivity index (χ0) is 18.0. The van der Waals surface area contributed by atoms with Gasteiger partial charge in [0, 0.05) is 5.69 Å². The quantitative estimate of drug-likeness (QED) is 0.692. The number of thioether (sulfide) groups is 1. The summed E-state index contributed by atoms with van der Waals surface area (Å²) in [7, 11) is 0. The summed E-state index contributed by atoms with van der Waals surface area (Å²) in [6.07, 6.45) is 1.97. The van der Waals surface area contributed by atoms with E-state index in [0.29, 0.717) is 0 Å². The second kappa shape index (κ2) is 6.92. The summed E-state index contributed by atoms with van der Waals surface area (Å²) < 4.78 is 1.96. The molecule has 5 heteroatoms. The van der Waals surface area contributed by atoms with Gasteiger partial charge in [-0.3, -0.25) is 4.79 Å². The number of hydrogen-bond donors (Lipinski definition) is 1. The van der Waals surface area contributed by atoms with E-state index in [9.17, 15) is 4.79 Å². The zero-order valence-electron chi connectivity index (χ0n) is 15.0. The van der Waals surface area contributed by atoms with Crippen molar-refractivity contribution in [1.29, 1.82) is 0 Å². The predicted molar refractivity (Wildman–Crippen MR) is 105 cm³/mol. The third-order valence-corrected chi connectivity index (χ3v) is 4.82. The molecule has 1 aromatic heterocycles. The van der Waals surface area contributed by atoms with Crippen molar-refractivity contribution < 1.29 is 4.79 Å². The van der Waals surface area contributed by atoms with Gasteiger partial charge in [-0.1, -0.05) is 56.8 Å². The van der Waals surface area contributed by atoms with Crippen molar-refractivity contribution in [1.82, 2.24) is 9.55 Å². The molecule has 0 spiro atoms. The van der Waals surface area contributed by atoms with Crippen LogP contribution in [0.15, 0.2) is 53.7 Å². The third-order valence-electron chi connectivity index (χ3n) is 4.14. The Labute approximate surface area is 152 Å². The number of fused-ring (bicyclic) bond motifs is 1. The summed E-state index contributed by atoms with van der Waals surface area (Å²) in [5.74, 6) is -0.0537. The Balaban J connectivity index is 1.77. The number of nitrogens with one attached hydrogen (secondary N) is 1. The minimum atomic E-state index is -0.0537. The van der Waals surface area contributed by atoms with Crippen LogP contribution in [-0.2, 0) is 16.8 Å². The lowest BCUT2D eigenvalue weighted by Crippen LogP contribution is -2.19. The van der Waals surface area contributed by atoms with Crippen molar-refractivity contribution in [3.05, 3.63) is 54.1 Å². The Hall–Kier alpha value is -2.27. The van der Waals surface area contributed by atoms with Gasteiger partial charge in [-0.2, -0.15) is 0 Å². The minimum Gasteiger partial charge on any atom is -0.325 e. The second-order valence-corrected chi connectivity index (χ2v) is 7.82. The highest BCUT2D eigenvalue weighted by Gasteiger charge is 2.15. The first-order chi connectivity index (χ1) is 11.9. The maximum Gasteiger partial charge on any atom is 0.244 e. The lowest BCUT2D eigenvalue weighted by molar-refractivity contribution is -0.116. The van der Waals surface area contributed by atoms with Crippen LogP contribution in [0.25, 0.3) is 11.0 Å². The van der Waals surface area contributed by atoms with Crippen LogP contribution in [0.1, 0.15) is 26.3 Å². The minimum absolute atomic E-state index is 0.0537. The average molecular weight is 353 g/mol. The molecule has 0 saturated heterocycles. The number of benzene rings is 2. The lowest BCUT2D eigenvalue weighted by atomic mass is 9.87. The highest BCUT2D eigenvalue weighted by atomic mass is 32.2. The van der Waals surface area contributed by atoms with Crippen LogP contribution >= 0.6 is 11.8 Å². The molecule has 4 nitrogen and oxygen atoms in total. The molecule has 0 aliphatic heterocycles. The maximum absolute atomic E-state index is 12.5. The molecule has 1 heterocycles. The maximum atomic E-state index is 12.5.